The first kappa shape index (κ1) is 14.0. The summed E-state index contributed by atoms with van der Waals surface area (Å²) in [6.45, 7) is 10.4. The van der Waals surface area contributed by atoms with Gasteiger partial charge in [-0.2, -0.15) is 0 Å². The summed E-state index contributed by atoms with van der Waals surface area (Å²) in [5.74, 6) is -0.0707. The quantitative estimate of drug-likeness (QED) is 0.759. The normalized spacial score (nSPS) is 18.1. The summed E-state index contributed by atoms with van der Waals surface area (Å²) in [5.41, 5.74) is 1.86. The molecule has 1 saturated heterocycles. The Labute approximate surface area is 114 Å². The van der Waals surface area contributed by atoms with Crippen molar-refractivity contribution in [2.75, 3.05) is 13.1 Å². The highest BCUT2D eigenvalue weighted by Crippen LogP contribution is 2.29. The summed E-state index contributed by atoms with van der Waals surface area (Å²) in [6.07, 6.45) is 0. The molecule has 0 N–H and O–H groups in total. The van der Waals surface area contributed by atoms with Gasteiger partial charge in [0.25, 0.3) is 5.91 Å². The maximum atomic E-state index is 13.4. The Morgan fingerprint density at radius 3 is 2.32 bits per heavy atom. The van der Waals surface area contributed by atoms with Gasteiger partial charge in [-0.3, -0.25) is 4.79 Å². The number of nitrogens with zero attached hydrogens (tertiary/aromatic N) is 1. The van der Waals surface area contributed by atoms with Crippen molar-refractivity contribution in [2.24, 2.45) is 0 Å². The van der Waals surface area contributed by atoms with Crippen molar-refractivity contribution in [3.63, 3.8) is 0 Å². The highest BCUT2D eigenvalue weighted by atomic mass is 19.1. The largest absolute Gasteiger partial charge is 0.332 e. The highest BCUT2D eigenvalue weighted by molar-refractivity contribution is 5.95. The molecule has 0 aliphatic carbocycles. The fraction of sp³-hybridized carbons (Fsp3) is 0.562. The van der Waals surface area contributed by atoms with Crippen molar-refractivity contribution in [3.05, 3.63) is 34.9 Å². The van der Waals surface area contributed by atoms with Crippen LogP contribution >= 0.6 is 0 Å². The number of rotatable bonds is 1. The van der Waals surface area contributed by atoms with Crippen LogP contribution in [-0.2, 0) is 5.41 Å². The zero-order valence-electron chi connectivity index (χ0n) is 12.4. The fourth-order valence-corrected chi connectivity index (χ4v) is 2.71. The van der Waals surface area contributed by atoms with Gasteiger partial charge in [0.1, 0.15) is 5.67 Å². The van der Waals surface area contributed by atoms with Crippen LogP contribution in [0.4, 0.5) is 4.39 Å². The van der Waals surface area contributed by atoms with Crippen LogP contribution in [0.25, 0.3) is 0 Å². The lowest BCUT2D eigenvalue weighted by Crippen LogP contribution is -2.59. The minimum absolute atomic E-state index is 0.0694. The topological polar surface area (TPSA) is 20.3 Å². The van der Waals surface area contributed by atoms with E-state index in [2.05, 4.69) is 20.8 Å². The SMILES string of the molecule is Cc1cc(C(=O)N2CC(C)(F)C2)ccc1C(C)(C)C. The van der Waals surface area contributed by atoms with E-state index in [-0.39, 0.29) is 24.4 Å². The van der Waals surface area contributed by atoms with Gasteiger partial charge in [0.2, 0.25) is 0 Å². The monoisotopic (exact) mass is 263 g/mol. The van der Waals surface area contributed by atoms with Crippen molar-refractivity contribution in [1.82, 2.24) is 4.90 Å². The second-order valence-electron chi connectivity index (χ2n) is 6.85. The van der Waals surface area contributed by atoms with Crippen LogP contribution < -0.4 is 0 Å². The molecule has 1 amide bonds. The molecule has 1 aliphatic heterocycles. The van der Waals surface area contributed by atoms with Crippen molar-refractivity contribution < 1.29 is 9.18 Å². The van der Waals surface area contributed by atoms with E-state index in [1.807, 2.05) is 25.1 Å². The molecule has 1 heterocycles. The Balaban J connectivity index is 2.19. The van der Waals surface area contributed by atoms with Crippen LogP contribution in [0.1, 0.15) is 49.2 Å². The third kappa shape index (κ3) is 2.80. The van der Waals surface area contributed by atoms with E-state index in [1.54, 1.807) is 4.90 Å². The van der Waals surface area contributed by atoms with E-state index in [1.165, 1.54) is 12.5 Å². The van der Waals surface area contributed by atoms with Crippen molar-refractivity contribution in [1.29, 1.82) is 0 Å². The molecule has 0 saturated carbocycles. The molecule has 0 unspecified atom stereocenters. The van der Waals surface area contributed by atoms with Gasteiger partial charge in [0.05, 0.1) is 13.1 Å². The first-order valence-corrected chi connectivity index (χ1v) is 6.69. The summed E-state index contributed by atoms with van der Waals surface area (Å²) >= 11 is 0. The van der Waals surface area contributed by atoms with Gasteiger partial charge in [-0.15, -0.1) is 0 Å². The number of amides is 1. The van der Waals surface area contributed by atoms with Crippen LogP contribution in [0.3, 0.4) is 0 Å². The number of hydrogen-bond donors (Lipinski definition) is 0. The molecule has 1 aromatic carbocycles. The molecule has 19 heavy (non-hydrogen) atoms. The molecule has 0 radical (unpaired) electrons. The van der Waals surface area contributed by atoms with Gasteiger partial charge in [-0.05, 0) is 42.5 Å². The minimum atomic E-state index is -1.21. The Kier molecular flexibility index (Phi) is 3.20. The molecule has 3 heteroatoms. The summed E-state index contributed by atoms with van der Waals surface area (Å²) < 4.78 is 13.4. The van der Waals surface area contributed by atoms with E-state index in [4.69, 9.17) is 0 Å². The van der Waals surface area contributed by atoms with Crippen LogP contribution in [0.15, 0.2) is 18.2 Å². The molecule has 1 aliphatic rings. The first-order chi connectivity index (χ1) is 8.60. The van der Waals surface area contributed by atoms with Gasteiger partial charge >= 0.3 is 0 Å². The summed E-state index contributed by atoms with van der Waals surface area (Å²) in [5, 5.41) is 0. The van der Waals surface area contributed by atoms with Gasteiger partial charge in [0.15, 0.2) is 0 Å². The number of halogens is 1. The lowest BCUT2D eigenvalue weighted by molar-refractivity contribution is -0.00786. The Morgan fingerprint density at radius 1 is 1.32 bits per heavy atom. The van der Waals surface area contributed by atoms with Crippen LogP contribution in [0.2, 0.25) is 0 Å². The number of carbonyl (C=O) groups excluding carboxylic acids is 1. The lowest BCUT2D eigenvalue weighted by Gasteiger charge is -2.42. The molecule has 1 aromatic rings. The van der Waals surface area contributed by atoms with Crippen LogP contribution in [0, 0.1) is 6.92 Å². The van der Waals surface area contributed by atoms with Gasteiger partial charge in [-0.1, -0.05) is 26.8 Å². The molecular weight excluding hydrogens is 241 g/mol. The number of carbonyl (C=O) groups is 1. The average Bonchev–Trinajstić information content (AvgIpc) is 2.22. The standard InChI is InChI=1S/C16H22FNO/c1-11-8-12(6-7-13(11)15(2,3)4)14(19)18-9-16(5,17)10-18/h6-8H,9-10H2,1-5H3. The van der Waals surface area contributed by atoms with Crippen LogP contribution in [-0.4, -0.2) is 29.6 Å². The summed E-state index contributed by atoms with van der Waals surface area (Å²) in [7, 11) is 0. The molecule has 0 bridgehead atoms. The fourth-order valence-electron chi connectivity index (χ4n) is 2.71. The molecule has 2 nitrogen and oxygen atoms in total. The van der Waals surface area contributed by atoms with E-state index in [0.29, 0.717) is 5.56 Å². The molecule has 2 rings (SSSR count). The molecule has 0 atom stereocenters. The van der Waals surface area contributed by atoms with Crippen molar-refractivity contribution in [2.45, 2.75) is 45.7 Å². The Bertz CT molecular complexity index is 506. The van der Waals surface area contributed by atoms with Crippen molar-refractivity contribution in [3.8, 4) is 0 Å². The number of hydrogen-bond acceptors (Lipinski definition) is 1. The third-order valence-electron chi connectivity index (χ3n) is 3.61. The smallest absolute Gasteiger partial charge is 0.254 e. The predicted octanol–water partition coefficient (Wildman–Crippen LogP) is 3.48. The highest BCUT2D eigenvalue weighted by Gasteiger charge is 2.41. The maximum Gasteiger partial charge on any atom is 0.254 e. The molecule has 1 fully saturated rings. The molecular formula is C16H22FNO. The van der Waals surface area contributed by atoms with Crippen molar-refractivity contribution >= 4 is 5.91 Å². The number of alkyl halides is 1. The Hall–Kier alpha value is -1.38. The molecule has 0 aromatic heterocycles. The summed E-state index contributed by atoms with van der Waals surface area (Å²) in [4.78, 5) is 13.7. The Morgan fingerprint density at radius 2 is 1.89 bits per heavy atom. The number of aryl methyl sites for hydroxylation is 1. The van der Waals surface area contributed by atoms with E-state index in [0.717, 1.165) is 5.56 Å². The number of likely N-dealkylation sites (tertiary alicyclic amines) is 1. The minimum Gasteiger partial charge on any atom is -0.332 e. The summed E-state index contributed by atoms with van der Waals surface area (Å²) in [6, 6.07) is 5.78. The van der Waals surface area contributed by atoms with Gasteiger partial charge in [0, 0.05) is 5.56 Å². The van der Waals surface area contributed by atoms with Gasteiger partial charge in [-0.25, -0.2) is 4.39 Å². The van der Waals surface area contributed by atoms with E-state index >= 15 is 0 Å². The second-order valence-corrected chi connectivity index (χ2v) is 6.85. The first-order valence-electron chi connectivity index (χ1n) is 6.69. The zero-order valence-corrected chi connectivity index (χ0v) is 12.4. The zero-order chi connectivity index (χ0) is 14.4. The lowest BCUT2D eigenvalue weighted by atomic mass is 9.83. The molecule has 0 spiro atoms. The second kappa shape index (κ2) is 4.32. The predicted molar refractivity (Wildman–Crippen MR) is 75.3 cm³/mol. The van der Waals surface area contributed by atoms with Gasteiger partial charge < -0.3 is 4.90 Å². The third-order valence-corrected chi connectivity index (χ3v) is 3.61. The van der Waals surface area contributed by atoms with Crippen LogP contribution in [0.5, 0.6) is 0 Å². The maximum absolute atomic E-state index is 13.4. The van der Waals surface area contributed by atoms with E-state index in [9.17, 15) is 9.18 Å². The molecule has 104 valence electrons. The average molecular weight is 263 g/mol. The number of benzene rings is 1. The van der Waals surface area contributed by atoms with E-state index < -0.39 is 5.67 Å².